The van der Waals surface area contributed by atoms with E-state index < -0.39 is 97.5 Å². The minimum Gasteiger partial charge on any atom is -0.462 e. The summed E-state index contributed by atoms with van der Waals surface area (Å²) in [6.45, 7) is 4.33. The molecule has 0 radical (unpaired) electrons. The second-order valence-corrected chi connectivity index (χ2v) is 27.7. The van der Waals surface area contributed by atoms with Gasteiger partial charge in [-0.25, -0.2) is 9.13 Å². The van der Waals surface area contributed by atoms with Gasteiger partial charge < -0.3 is 33.8 Å². The van der Waals surface area contributed by atoms with Crippen molar-refractivity contribution in [2.24, 2.45) is 0 Å². The molecule has 17 nitrogen and oxygen atoms in total. The van der Waals surface area contributed by atoms with Crippen molar-refractivity contribution in [3.8, 4) is 0 Å². The van der Waals surface area contributed by atoms with Crippen LogP contribution < -0.4 is 0 Å². The first-order valence-electron chi connectivity index (χ1n) is 38.4. The van der Waals surface area contributed by atoms with Gasteiger partial charge in [0.25, 0.3) is 0 Å². The van der Waals surface area contributed by atoms with Gasteiger partial charge >= 0.3 is 39.5 Å². The average molecular weight is 1470 g/mol. The van der Waals surface area contributed by atoms with E-state index in [0.717, 1.165) is 122 Å². The standard InChI is InChI=1S/C83H134O17P2/c1-5-9-13-17-21-25-29-33-36-38-41-44-47-51-55-59-63-67-80(85)93-73-78(99-82(87)69-65-61-57-53-49-43-32-28-24-20-16-12-8-4)75-97-101(89,90)95-71-77(84)72-96-102(91,92)98-76-79(100-83(88)70-66-62-58-54-50-46-40-35-31-27-23-19-15-11-7-3)74-94-81(86)68-64-60-56-52-48-45-42-39-37-34-30-26-22-18-14-10-6-2/h9-11,13-15,21-23,25-27,33-37,40-42,44-45,50-52,54-56,77-79,84H,5-8,12,16-20,24,28-32,38-39,43,46-49,53,57-76H2,1-4H3,(H,89,90)(H,91,92)/b13-9-,14-10-,15-11-,25-21-,26-22-,27-23-,36-33-,37-34-,40-35-,44-41-,45-42-,54-50-,55-51-,56-52-. The molecule has 19 heteroatoms. The van der Waals surface area contributed by atoms with Crippen molar-refractivity contribution >= 4 is 39.5 Å². The maximum atomic E-state index is 13.1. The molecule has 0 rings (SSSR count). The van der Waals surface area contributed by atoms with E-state index in [4.69, 9.17) is 37.0 Å². The van der Waals surface area contributed by atoms with E-state index >= 15 is 0 Å². The first-order valence-corrected chi connectivity index (χ1v) is 41.4. The third-order valence-electron chi connectivity index (χ3n) is 15.2. The van der Waals surface area contributed by atoms with E-state index in [1.54, 1.807) is 0 Å². The lowest BCUT2D eigenvalue weighted by Gasteiger charge is -2.21. The summed E-state index contributed by atoms with van der Waals surface area (Å²) in [7, 11) is -10.0. The number of hydrogen-bond acceptors (Lipinski definition) is 15. The van der Waals surface area contributed by atoms with Gasteiger partial charge in [-0.3, -0.25) is 37.3 Å². The number of esters is 4. The minimum atomic E-state index is -5.01. The first-order chi connectivity index (χ1) is 49.7. The Morgan fingerprint density at radius 1 is 0.284 bits per heavy atom. The first kappa shape index (κ1) is 96.4. The molecule has 0 saturated carbocycles. The predicted molar refractivity (Wildman–Crippen MR) is 417 cm³/mol. The van der Waals surface area contributed by atoms with E-state index in [9.17, 15) is 43.2 Å². The molecule has 0 aliphatic carbocycles. The minimum absolute atomic E-state index is 0.0232. The van der Waals surface area contributed by atoms with Crippen molar-refractivity contribution in [2.45, 2.75) is 290 Å². The quantitative estimate of drug-likeness (QED) is 0.0169. The number of aliphatic hydroxyl groups excluding tert-OH is 1. The second kappa shape index (κ2) is 73.7. The maximum Gasteiger partial charge on any atom is 0.472 e. The Morgan fingerprint density at radius 3 is 0.814 bits per heavy atom. The number of hydrogen-bond donors (Lipinski definition) is 3. The van der Waals surface area contributed by atoms with Crippen LogP contribution in [0.25, 0.3) is 0 Å². The summed E-state index contributed by atoms with van der Waals surface area (Å²) in [6, 6.07) is 0. The van der Waals surface area contributed by atoms with Crippen LogP contribution in [0.1, 0.15) is 272 Å². The van der Waals surface area contributed by atoms with Crippen LogP contribution in [0.4, 0.5) is 0 Å². The molecule has 0 aliphatic rings. The maximum absolute atomic E-state index is 13.1. The molecule has 578 valence electrons. The van der Waals surface area contributed by atoms with Crippen LogP contribution in [0, 0.1) is 0 Å². The summed E-state index contributed by atoms with van der Waals surface area (Å²) in [5.74, 6) is -2.37. The fourth-order valence-electron chi connectivity index (χ4n) is 9.46. The number of ether oxygens (including phenoxy) is 4. The molecule has 0 amide bonds. The molecule has 0 bridgehead atoms. The Hall–Kier alpha value is -5.58. The molecule has 0 heterocycles. The molecule has 3 N–H and O–H groups in total. The Balaban J connectivity index is 5.50. The lowest BCUT2D eigenvalue weighted by molar-refractivity contribution is -0.161. The van der Waals surface area contributed by atoms with E-state index in [0.29, 0.717) is 44.9 Å². The lowest BCUT2D eigenvalue weighted by Crippen LogP contribution is -2.30. The molecule has 0 aromatic carbocycles. The number of carbonyl (C=O) groups excluding carboxylic acids is 4. The molecular weight excluding hydrogens is 1330 g/mol. The Bertz CT molecular complexity index is 2600. The van der Waals surface area contributed by atoms with Gasteiger partial charge in [0, 0.05) is 25.7 Å². The number of aliphatic hydroxyl groups is 1. The van der Waals surface area contributed by atoms with Gasteiger partial charge in [0.2, 0.25) is 0 Å². The highest BCUT2D eigenvalue weighted by molar-refractivity contribution is 7.47. The average Bonchev–Trinajstić information content (AvgIpc) is 0.939. The number of phosphoric acid groups is 2. The number of allylic oxidation sites excluding steroid dienone is 28. The highest BCUT2D eigenvalue weighted by Gasteiger charge is 2.30. The van der Waals surface area contributed by atoms with Crippen molar-refractivity contribution in [3.05, 3.63) is 170 Å². The zero-order valence-electron chi connectivity index (χ0n) is 63.0. The SMILES string of the molecule is CC/C=C\C/C=C\C/C=C\C/C=C\C/C=C\CCCC(=O)OCC(COP(=O)(O)OCC(O)COP(=O)(O)OCC(COC(=O)CCC/C=C\C/C=C\C/C=C\C/C=C\C/C=C\CC)OC(=O)CCCCCCCCCCCCCCC)OC(=O)CCCC/C=C\C/C=C\C/C=C\C/C=C\CC. The van der Waals surface area contributed by atoms with Crippen LogP contribution in [-0.4, -0.2) is 96.7 Å². The third kappa shape index (κ3) is 72.8. The van der Waals surface area contributed by atoms with Crippen LogP contribution in [0.3, 0.4) is 0 Å². The van der Waals surface area contributed by atoms with E-state index in [2.05, 4.69) is 174 Å². The summed E-state index contributed by atoms with van der Waals surface area (Å²) in [4.78, 5) is 72.9. The number of unbranched alkanes of at least 4 members (excludes halogenated alkanes) is 16. The van der Waals surface area contributed by atoms with Crippen LogP contribution in [0.5, 0.6) is 0 Å². The van der Waals surface area contributed by atoms with Crippen LogP contribution in [0.15, 0.2) is 170 Å². The van der Waals surface area contributed by atoms with E-state index in [1.165, 1.54) is 51.4 Å². The van der Waals surface area contributed by atoms with Gasteiger partial charge in [-0.05, 0) is 141 Å². The van der Waals surface area contributed by atoms with Gasteiger partial charge in [0.1, 0.15) is 19.3 Å². The van der Waals surface area contributed by atoms with Crippen molar-refractivity contribution in [3.63, 3.8) is 0 Å². The molecule has 0 aromatic rings. The summed E-state index contributed by atoms with van der Waals surface area (Å²) in [5, 5.41) is 10.6. The lowest BCUT2D eigenvalue weighted by atomic mass is 10.0. The summed E-state index contributed by atoms with van der Waals surface area (Å²) in [5.41, 5.74) is 0. The second-order valence-electron chi connectivity index (χ2n) is 24.8. The Labute approximate surface area is 616 Å². The fourth-order valence-corrected chi connectivity index (χ4v) is 11.0. The molecule has 5 atom stereocenters. The molecule has 0 aromatic heterocycles. The highest BCUT2D eigenvalue weighted by atomic mass is 31.2. The zero-order chi connectivity index (χ0) is 74.6. The molecule has 5 unspecified atom stereocenters. The van der Waals surface area contributed by atoms with Crippen LogP contribution in [0.2, 0.25) is 0 Å². The van der Waals surface area contributed by atoms with Gasteiger partial charge in [0.15, 0.2) is 12.2 Å². The summed E-state index contributed by atoms with van der Waals surface area (Å²) >= 11 is 0. The molecule has 102 heavy (non-hydrogen) atoms. The normalized spacial score (nSPS) is 14.9. The monoisotopic (exact) mass is 1460 g/mol. The molecular formula is C83H134O17P2. The van der Waals surface area contributed by atoms with Crippen LogP contribution in [-0.2, 0) is 65.4 Å². The van der Waals surface area contributed by atoms with Crippen molar-refractivity contribution < 1.29 is 80.2 Å². The summed E-state index contributed by atoms with van der Waals surface area (Å²) in [6.07, 6.45) is 86.5. The van der Waals surface area contributed by atoms with Gasteiger partial charge in [0.05, 0.1) is 26.4 Å². The summed E-state index contributed by atoms with van der Waals surface area (Å²) < 4.78 is 68.3. The van der Waals surface area contributed by atoms with Crippen molar-refractivity contribution in [1.29, 1.82) is 0 Å². The molecule has 0 aliphatic heterocycles. The number of rotatable bonds is 70. The van der Waals surface area contributed by atoms with E-state index in [-0.39, 0.29) is 25.7 Å². The fraction of sp³-hybridized carbons (Fsp3) is 0.614. The molecule has 0 saturated heterocycles. The molecule has 0 fully saturated rings. The highest BCUT2D eigenvalue weighted by Crippen LogP contribution is 2.45. The topological polar surface area (TPSA) is 237 Å². The van der Waals surface area contributed by atoms with Gasteiger partial charge in [-0.15, -0.1) is 0 Å². The third-order valence-corrected chi connectivity index (χ3v) is 17.1. The smallest absolute Gasteiger partial charge is 0.462 e. The molecule has 0 spiro atoms. The van der Waals surface area contributed by atoms with Gasteiger partial charge in [-0.2, -0.15) is 0 Å². The largest absolute Gasteiger partial charge is 0.472 e. The van der Waals surface area contributed by atoms with Crippen molar-refractivity contribution in [2.75, 3.05) is 39.6 Å². The van der Waals surface area contributed by atoms with E-state index in [1.807, 2.05) is 24.3 Å². The van der Waals surface area contributed by atoms with Crippen molar-refractivity contribution in [1.82, 2.24) is 0 Å². The predicted octanol–water partition coefficient (Wildman–Crippen LogP) is 22.2. The van der Waals surface area contributed by atoms with Gasteiger partial charge in [-0.1, -0.05) is 275 Å². The number of phosphoric ester groups is 2. The number of carbonyl (C=O) groups is 4. The Kier molecular flexibility index (Phi) is 69.7. The van der Waals surface area contributed by atoms with Crippen LogP contribution >= 0.6 is 15.6 Å². The zero-order valence-corrected chi connectivity index (χ0v) is 64.8. The Morgan fingerprint density at radius 2 is 0.520 bits per heavy atom.